The number of hydrogen-bond donors (Lipinski definition) is 1. The van der Waals surface area contributed by atoms with Crippen LogP contribution in [0.15, 0.2) is 60.7 Å². The lowest BCUT2D eigenvalue weighted by atomic mass is 10.2. The molecule has 0 atom stereocenters. The van der Waals surface area contributed by atoms with Gasteiger partial charge in [0, 0.05) is 31.4 Å². The van der Waals surface area contributed by atoms with Gasteiger partial charge in [-0.1, -0.05) is 36.4 Å². The predicted octanol–water partition coefficient (Wildman–Crippen LogP) is 4.10. The van der Waals surface area contributed by atoms with E-state index in [1.165, 1.54) is 0 Å². The summed E-state index contributed by atoms with van der Waals surface area (Å²) in [5.74, 6) is 0.848. The summed E-state index contributed by atoms with van der Waals surface area (Å²) in [6, 6.07) is 19.6. The molecule has 0 spiro atoms. The lowest BCUT2D eigenvalue weighted by molar-refractivity contribution is 0.203. The maximum atomic E-state index is 12.4. The second-order valence-corrected chi connectivity index (χ2v) is 6.99. The Labute approximate surface area is 172 Å². The zero-order valence-electron chi connectivity index (χ0n) is 17.3. The number of aromatic nitrogens is 2. The lowest BCUT2D eigenvalue weighted by Gasteiger charge is -2.18. The highest BCUT2D eigenvalue weighted by Crippen LogP contribution is 2.17. The molecule has 0 fully saturated rings. The summed E-state index contributed by atoms with van der Waals surface area (Å²) in [6.45, 7) is 5.65. The number of nitrogens with one attached hydrogen (secondary N) is 1. The first-order valence-electron chi connectivity index (χ1n) is 9.83. The standard InChI is InChI=1S/C23H28N4O2/c1-18-22(19(2)27(25-18)20-11-6-4-7-12-20)17-24-23(28)26(3)15-10-16-29-21-13-8-5-9-14-21/h4-9,11-14H,10,15-17H2,1-3H3,(H,24,28). The van der Waals surface area contributed by atoms with Gasteiger partial charge in [-0.25, -0.2) is 9.48 Å². The van der Waals surface area contributed by atoms with Crippen LogP contribution in [0.4, 0.5) is 4.79 Å². The molecule has 2 aromatic carbocycles. The highest BCUT2D eigenvalue weighted by atomic mass is 16.5. The molecular formula is C23H28N4O2. The fraction of sp³-hybridized carbons (Fsp3) is 0.304. The molecule has 3 aromatic rings. The lowest BCUT2D eigenvalue weighted by Crippen LogP contribution is -2.38. The second kappa shape index (κ2) is 9.78. The van der Waals surface area contributed by atoms with E-state index in [1.807, 2.05) is 79.2 Å². The van der Waals surface area contributed by atoms with Crippen molar-refractivity contribution in [2.45, 2.75) is 26.8 Å². The Kier molecular flexibility index (Phi) is 6.89. The van der Waals surface area contributed by atoms with E-state index < -0.39 is 0 Å². The Bertz CT molecular complexity index is 923. The van der Waals surface area contributed by atoms with Gasteiger partial charge in [-0.05, 0) is 44.5 Å². The van der Waals surface area contributed by atoms with E-state index in [9.17, 15) is 4.79 Å². The molecule has 3 rings (SSSR count). The Morgan fingerprint density at radius 1 is 1.07 bits per heavy atom. The van der Waals surface area contributed by atoms with Crippen molar-refractivity contribution in [1.29, 1.82) is 0 Å². The van der Waals surface area contributed by atoms with E-state index in [4.69, 9.17) is 4.74 Å². The van der Waals surface area contributed by atoms with Crippen LogP contribution in [-0.4, -0.2) is 40.9 Å². The molecule has 1 N–H and O–H groups in total. The average Bonchev–Trinajstić information content (AvgIpc) is 3.04. The van der Waals surface area contributed by atoms with Crippen molar-refractivity contribution in [3.05, 3.63) is 77.6 Å². The first-order chi connectivity index (χ1) is 14.1. The zero-order valence-corrected chi connectivity index (χ0v) is 17.3. The highest BCUT2D eigenvalue weighted by molar-refractivity contribution is 5.73. The van der Waals surface area contributed by atoms with Crippen LogP contribution < -0.4 is 10.1 Å². The molecule has 0 radical (unpaired) electrons. The molecule has 2 amide bonds. The van der Waals surface area contributed by atoms with Crippen LogP contribution >= 0.6 is 0 Å². The predicted molar refractivity (Wildman–Crippen MR) is 114 cm³/mol. The van der Waals surface area contributed by atoms with Gasteiger partial charge in [0.25, 0.3) is 0 Å². The van der Waals surface area contributed by atoms with Crippen LogP contribution in [-0.2, 0) is 6.54 Å². The third-order valence-corrected chi connectivity index (χ3v) is 4.85. The van der Waals surface area contributed by atoms with Crippen LogP contribution in [0.5, 0.6) is 5.75 Å². The minimum absolute atomic E-state index is 0.101. The van der Waals surface area contributed by atoms with E-state index in [1.54, 1.807) is 11.9 Å². The number of rotatable bonds is 8. The third-order valence-electron chi connectivity index (χ3n) is 4.85. The maximum Gasteiger partial charge on any atom is 0.317 e. The van der Waals surface area contributed by atoms with E-state index in [0.717, 1.165) is 34.8 Å². The number of nitrogens with zero attached hydrogens (tertiary/aromatic N) is 3. The number of ether oxygens (including phenoxy) is 1. The van der Waals surface area contributed by atoms with Gasteiger partial charge in [0.15, 0.2) is 0 Å². The summed E-state index contributed by atoms with van der Waals surface area (Å²) < 4.78 is 7.59. The summed E-state index contributed by atoms with van der Waals surface area (Å²) >= 11 is 0. The molecule has 0 bridgehead atoms. The van der Waals surface area contributed by atoms with Crippen LogP contribution in [0, 0.1) is 13.8 Å². The number of aryl methyl sites for hydroxylation is 1. The van der Waals surface area contributed by atoms with Crippen molar-refractivity contribution < 1.29 is 9.53 Å². The second-order valence-electron chi connectivity index (χ2n) is 6.99. The zero-order chi connectivity index (χ0) is 20.6. The normalized spacial score (nSPS) is 10.6. The van der Waals surface area contributed by atoms with Gasteiger partial charge in [-0.3, -0.25) is 0 Å². The van der Waals surface area contributed by atoms with E-state index in [-0.39, 0.29) is 6.03 Å². The van der Waals surface area contributed by atoms with Crippen molar-refractivity contribution in [3.63, 3.8) is 0 Å². The molecule has 0 saturated heterocycles. The highest BCUT2D eigenvalue weighted by Gasteiger charge is 2.15. The monoisotopic (exact) mass is 392 g/mol. The number of urea groups is 1. The number of carbonyl (C=O) groups is 1. The van der Waals surface area contributed by atoms with Crippen LogP contribution in [0.3, 0.4) is 0 Å². The van der Waals surface area contributed by atoms with E-state index in [0.29, 0.717) is 19.7 Å². The summed E-state index contributed by atoms with van der Waals surface area (Å²) in [6.07, 6.45) is 0.767. The Balaban J connectivity index is 1.48. The molecule has 0 unspecified atom stereocenters. The maximum absolute atomic E-state index is 12.4. The molecule has 0 aliphatic rings. The summed E-state index contributed by atoms with van der Waals surface area (Å²) in [5, 5.41) is 7.62. The van der Waals surface area contributed by atoms with Gasteiger partial charge in [0.1, 0.15) is 5.75 Å². The van der Waals surface area contributed by atoms with Crippen LogP contribution in [0.1, 0.15) is 23.4 Å². The topological polar surface area (TPSA) is 59.4 Å². The SMILES string of the molecule is Cc1nn(-c2ccccc2)c(C)c1CNC(=O)N(C)CCCOc1ccccc1. The van der Waals surface area contributed by atoms with Gasteiger partial charge in [-0.15, -0.1) is 0 Å². The van der Waals surface area contributed by atoms with Crippen molar-refractivity contribution in [1.82, 2.24) is 20.0 Å². The van der Waals surface area contributed by atoms with Crippen molar-refractivity contribution >= 4 is 6.03 Å². The number of carbonyl (C=O) groups excluding carboxylic acids is 1. The molecule has 0 aliphatic heterocycles. The van der Waals surface area contributed by atoms with Gasteiger partial charge in [-0.2, -0.15) is 5.10 Å². The third kappa shape index (κ3) is 5.38. The molecule has 152 valence electrons. The number of benzene rings is 2. The molecule has 1 aromatic heterocycles. The van der Waals surface area contributed by atoms with Crippen LogP contribution in [0.2, 0.25) is 0 Å². The van der Waals surface area contributed by atoms with Gasteiger partial charge in [0.2, 0.25) is 0 Å². The molecule has 6 nitrogen and oxygen atoms in total. The van der Waals surface area contributed by atoms with Crippen molar-refractivity contribution in [3.8, 4) is 11.4 Å². The van der Waals surface area contributed by atoms with Gasteiger partial charge < -0.3 is 15.0 Å². The molecular weight excluding hydrogens is 364 g/mol. The summed E-state index contributed by atoms with van der Waals surface area (Å²) in [5.41, 5.74) is 4.02. The summed E-state index contributed by atoms with van der Waals surface area (Å²) in [4.78, 5) is 14.1. The Morgan fingerprint density at radius 3 is 2.41 bits per heavy atom. The first kappa shape index (κ1) is 20.5. The fourth-order valence-electron chi connectivity index (χ4n) is 3.16. The number of para-hydroxylation sites is 2. The molecule has 0 aliphatic carbocycles. The average molecular weight is 393 g/mol. The molecule has 29 heavy (non-hydrogen) atoms. The largest absolute Gasteiger partial charge is 0.494 e. The van der Waals surface area contributed by atoms with Gasteiger partial charge >= 0.3 is 6.03 Å². The summed E-state index contributed by atoms with van der Waals surface area (Å²) in [7, 11) is 1.80. The molecule has 6 heteroatoms. The van der Waals surface area contributed by atoms with E-state index >= 15 is 0 Å². The van der Waals surface area contributed by atoms with Crippen LogP contribution in [0.25, 0.3) is 5.69 Å². The smallest absolute Gasteiger partial charge is 0.317 e. The number of hydrogen-bond acceptors (Lipinski definition) is 3. The van der Waals surface area contributed by atoms with E-state index in [2.05, 4.69) is 10.4 Å². The Morgan fingerprint density at radius 2 is 1.72 bits per heavy atom. The van der Waals surface area contributed by atoms with Crippen molar-refractivity contribution in [2.75, 3.05) is 20.2 Å². The van der Waals surface area contributed by atoms with Gasteiger partial charge in [0.05, 0.1) is 18.0 Å². The number of amides is 2. The van der Waals surface area contributed by atoms with Crippen molar-refractivity contribution in [2.24, 2.45) is 0 Å². The first-order valence-corrected chi connectivity index (χ1v) is 9.83. The Hall–Kier alpha value is -3.28. The quantitative estimate of drug-likeness (QED) is 0.587. The molecule has 1 heterocycles. The molecule has 0 saturated carbocycles. The fourth-order valence-corrected chi connectivity index (χ4v) is 3.16. The minimum Gasteiger partial charge on any atom is -0.494 e. The minimum atomic E-state index is -0.101.